The van der Waals surface area contributed by atoms with Crippen molar-refractivity contribution < 1.29 is 13.2 Å². The fourth-order valence-electron chi connectivity index (χ4n) is 2.96. The minimum atomic E-state index is -3.85. The quantitative estimate of drug-likeness (QED) is 0.438. The zero-order valence-electron chi connectivity index (χ0n) is 17.3. The van der Waals surface area contributed by atoms with Gasteiger partial charge >= 0.3 is 0 Å². The summed E-state index contributed by atoms with van der Waals surface area (Å²) in [7, 11) is -3.85. The van der Waals surface area contributed by atoms with Crippen molar-refractivity contribution in [2.75, 3.05) is 10.0 Å². The van der Waals surface area contributed by atoms with Gasteiger partial charge in [0.05, 0.1) is 10.6 Å². The lowest BCUT2D eigenvalue weighted by atomic mass is 10.3. The molecule has 0 atom stereocenters. The summed E-state index contributed by atoms with van der Waals surface area (Å²) in [5.74, 6) is -0.440. The molecule has 12 heteroatoms. The molecule has 0 radical (unpaired) electrons. The van der Waals surface area contributed by atoms with Gasteiger partial charge < -0.3 is 5.32 Å². The first kappa shape index (κ1) is 21.2. The van der Waals surface area contributed by atoms with Crippen LogP contribution in [0.1, 0.15) is 21.9 Å². The highest BCUT2D eigenvalue weighted by atomic mass is 32.2. The van der Waals surface area contributed by atoms with Crippen LogP contribution in [0.4, 0.5) is 11.6 Å². The number of amides is 1. The van der Waals surface area contributed by atoms with E-state index in [0.29, 0.717) is 12.4 Å². The van der Waals surface area contributed by atoms with Crippen molar-refractivity contribution in [2.24, 2.45) is 0 Å². The lowest BCUT2D eigenvalue weighted by Gasteiger charge is -2.08. The highest BCUT2D eigenvalue weighted by Gasteiger charge is 2.16. The number of nitrogens with one attached hydrogen (secondary N) is 2. The van der Waals surface area contributed by atoms with Gasteiger partial charge in [0.2, 0.25) is 5.95 Å². The standard InChI is InChI=1S/C20H20N8O3S/c1-14-12-15(2)28(24-14)13-27-11-8-18(25-27)19(29)23-16-4-6-17(7-5-16)32(30,31)26-20-21-9-3-10-22-20/h3-12H,13H2,1-2H3,(H,23,29)(H,21,22,26). The van der Waals surface area contributed by atoms with Crippen LogP contribution in [0.3, 0.4) is 0 Å². The number of rotatable bonds is 7. The Bertz CT molecular complexity index is 1350. The van der Waals surface area contributed by atoms with E-state index in [-0.39, 0.29) is 16.5 Å². The largest absolute Gasteiger partial charge is 0.321 e. The van der Waals surface area contributed by atoms with Gasteiger partial charge in [0.15, 0.2) is 5.69 Å². The number of benzene rings is 1. The number of hydrogen-bond acceptors (Lipinski definition) is 7. The molecule has 0 spiro atoms. The Morgan fingerprint density at radius 2 is 1.75 bits per heavy atom. The molecule has 0 unspecified atom stereocenters. The van der Waals surface area contributed by atoms with E-state index >= 15 is 0 Å². The summed E-state index contributed by atoms with van der Waals surface area (Å²) >= 11 is 0. The average Bonchev–Trinajstić information content (AvgIpc) is 3.35. The van der Waals surface area contributed by atoms with Crippen LogP contribution >= 0.6 is 0 Å². The lowest BCUT2D eigenvalue weighted by Crippen LogP contribution is -2.16. The van der Waals surface area contributed by atoms with Gasteiger partial charge in [0.1, 0.15) is 6.67 Å². The second kappa shape index (κ2) is 8.59. The van der Waals surface area contributed by atoms with Crippen LogP contribution in [0, 0.1) is 13.8 Å². The number of aryl methyl sites for hydroxylation is 2. The summed E-state index contributed by atoms with van der Waals surface area (Å²) in [4.78, 5) is 20.2. The molecule has 1 amide bonds. The molecule has 0 saturated heterocycles. The average molecular weight is 453 g/mol. The van der Waals surface area contributed by atoms with Gasteiger partial charge in [-0.2, -0.15) is 10.2 Å². The SMILES string of the molecule is Cc1cc(C)n(Cn2ccc(C(=O)Nc3ccc(S(=O)(=O)Nc4ncccn4)cc3)n2)n1. The van der Waals surface area contributed by atoms with E-state index in [2.05, 4.69) is 30.2 Å². The second-order valence-corrected chi connectivity index (χ2v) is 8.65. The predicted molar refractivity (Wildman–Crippen MR) is 117 cm³/mol. The van der Waals surface area contributed by atoms with E-state index < -0.39 is 15.9 Å². The van der Waals surface area contributed by atoms with Gasteiger partial charge in [-0.1, -0.05) is 0 Å². The van der Waals surface area contributed by atoms with E-state index in [0.717, 1.165) is 11.4 Å². The summed E-state index contributed by atoms with van der Waals surface area (Å²) in [6.07, 6.45) is 4.56. The van der Waals surface area contributed by atoms with Crippen LogP contribution in [-0.4, -0.2) is 43.9 Å². The van der Waals surface area contributed by atoms with Crippen molar-refractivity contribution >= 4 is 27.6 Å². The molecule has 4 rings (SSSR count). The predicted octanol–water partition coefficient (Wildman–Crippen LogP) is 2.05. The van der Waals surface area contributed by atoms with E-state index in [9.17, 15) is 13.2 Å². The van der Waals surface area contributed by atoms with Gasteiger partial charge in [-0.05, 0) is 56.3 Å². The number of carbonyl (C=O) groups is 1. The normalized spacial score (nSPS) is 11.3. The lowest BCUT2D eigenvalue weighted by molar-refractivity contribution is 0.102. The van der Waals surface area contributed by atoms with Crippen LogP contribution < -0.4 is 10.0 Å². The van der Waals surface area contributed by atoms with Gasteiger partial charge in [-0.25, -0.2) is 27.8 Å². The number of sulfonamides is 1. The molecule has 0 fully saturated rings. The molecule has 3 heterocycles. The third-order valence-electron chi connectivity index (χ3n) is 4.47. The van der Waals surface area contributed by atoms with Crippen LogP contribution in [0.5, 0.6) is 0 Å². The molecule has 0 aliphatic heterocycles. The molecule has 1 aromatic carbocycles. The Morgan fingerprint density at radius 1 is 1.03 bits per heavy atom. The fourth-order valence-corrected chi connectivity index (χ4v) is 3.92. The molecular weight excluding hydrogens is 432 g/mol. The molecule has 0 aliphatic carbocycles. The maximum absolute atomic E-state index is 12.5. The van der Waals surface area contributed by atoms with Crippen molar-refractivity contribution in [1.29, 1.82) is 0 Å². The molecule has 164 valence electrons. The van der Waals surface area contributed by atoms with Crippen LogP contribution in [0.2, 0.25) is 0 Å². The molecule has 3 aromatic heterocycles. The van der Waals surface area contributed by atoms with Crippen LogP contribution in [0.25, 0.3) is 0 Å². The molecule has 4 aromatic rings. The smallest absolute Gasteiger partial charge is 0.276 e. The Balaban J connectivity index is 1.41. The maximum Gasteiger partial charge on any atom is 0.276 e. The highest BCUT2D eigenvalue weighted by Crippen LogP contribution is 2.17. The van der Waals surface area contributed by atoms with E-state index in [4.69, 9.17) is 0 Å². The van der Waals surface area contributed by atoms with E-state index in [1.165, 1.54) is 36.7 Å². The minimum Gasteiger partial charge on any atom is -0.321 e. The van der Waals surface area contributed by atoms with Gasteiger partial charge in [-0.3, -0.25) is 9.48 Å². The third-order valence-corrected chi connectivity index (χ3v) is 5.81. The summed E-state index contributed by atoms with van der Waals surface area (Å²) in [5.41, 5.74) is 2.56. The molecule has 11 nitrogen and oxygen atoms in total. The summed E-state index contributed by atoms with van der Waals surface area (Å²) in [5, 5.41) is 11.4. The number of carbonyl (C=O) groups excluding carboxylic acids is 1. The van der Waals surface area contributed by atoms with Crippen molar-refractivity contribution in [3.8, 4) is 0 Å². The Labute approximate surface area is 184 Å². The van der Waals surface area contributed by atoms with E-state index in [1.807, 2.05) is 19.9 Å². The Kier molecular flexibility index (Phi) is 5.69. The summed E-state index contributed by atoms with van der Waals surface area (Å²) in [6.45, 7) is 4.24. The zero-order valence-corrected chi connectivity index (χ0v) is 18.1. The van der Waals surface area contributed by atoms with Crippen molar-refractivity contribution in [3.05, 3.63) is 78.1 Å². The molecular formula is C20H20N8O3S. The van der Waals surface area contributed by atoms with Crippen LogP contribution in [0.15, 0.2) is 66.0 Å². The maximum atomic E-state index is 12.5. The fraction of sp³-hybridized carbons (Fsp3) is 0.150. The summed E-state index contributed by atoms with van der Waals surface area (Å²) in [6, 6.07) is 10.9. The molecule has 32 heavy (non-hydrogen) atoms. The second-order valence-electron chi connectivity index (χ2n) is 6.96. The first-order valence-electron chi connectivity index (χ1n) is 9.56. The zero-order chi connectivity index (χ0) is 22.7. The first-order valence-corrected chi connectivity index (χ1v) is 11.0. The van der Waals surface area contributed by atoms with Gasteiger partial charge in [0, 0.05) is 30.0 Å². The third kappa shape index (κ3) is 4.81. The molecule has 0 saturated carbocycles. The van der Waals surface area contributed by atoms with E-state index in [1.54, 1.807) is 27.7 Å². The molecule has 0 bridgehead atoms. The highest BCUT2D eigenvalue weighted by molar-refractivity contribution is 7.92. The van der Waals surface area contributed by atoms with Crippen molar-refractivity contribution in [2.45, 2.75) is 25.4 Å². The summed E-state index contributed by atoms with van der Waals surface area (Å²) < 4.78 is 30.6. The first-order chi connectivity index (χ1) is 15.3. The van der Waals surface area contributed by atoms with Crippen molar-refractivity contribution in [3.63, 3.8) is 0 Å². The van der Waals surface area contributed by atoms with Gasteiger partial charge in [0.25, 0.3) is 15.9 Å². The van der Waals surface area contributed by atoms with Gasteiger partial charge in [-0.15, -0.1) is 0 Å². The van der Waals surface area contributed by atoms with Crippen molar-refractivity contribution in [1.82, 2.24) is 29.5 Å². The number of aromatic nitrogens is 6. The minimum absolute atomic E-state index is 0.0112. The van der Waals surface area contributed by atoms with Crippen LogP contribution in [-0.2, 0) is 16.7 Å². The topological polar surface area (TPSA) is 137 Å². The Morgan fingerprint density at radius 3 is 2.41 bits per heavy atom. The number of anilines is 2. The molecule has 2 N–H and O–H groups in total. The molecule has 0 aliphatic rings. The number of hydrogen-bond donors (Lipinski definition) is 2. The number of nitrogens with zero attached hydrogens (tertiary/aromatic N) is 6. The monoisotopic (exact) mass is 452 g/mol. The Hall–Kier alpha value is -4.06.